The summed E-state index contributed by atoms with van der Waals surface area (Å²) >= 11 is 0. The molecule has 3 nitrogen and oxygen atoms in total. The molecule has 0 saturated carbocycles. The maximum Gasteiger partial charge on any atom is 0.196 e. The molecule has 0 atom stereocenters. The van der Waals surface area contributed by atoms with Crippen LogP contribution in [-0.2, 0) is 0 Å². The predicted molar refractivity (Wildman–Crippen MR) is 79.0 cm³/mol. The number of guanidine groups is 1. The fourth-order valence-electron chi connectivity index (χ4n) is 1.95. The molecule has 100 valence electrons. The molecular weight excluding hydrogens is 222 g/mol. The van der Waals surface area contributed by atoms with Gasteiger partial charge in [-0.25, -0.2) is 4.99 Å². The number of rotatable bonds is 6. The topological polar surface area (TPSA) is 41.6 Å². The fraction of sp³-hybridized carbons (Fsp3) is 0.533. The van der Waals surface area contributed by atoms with Gasteiger partial charge in [0.1, 0.15) is 0 Å². The Labute approximate surface area is 111 Å². The van der Waals surface area contributed by atoms with Gasteiger partial charge in [0, 0.05) is 13.1 Å². The lowest BCUT2D eigenvalue weighted by molar-refractivity contribution is 0.332. The van der Waals surface area contributed by atoms with E-state index in [0.717, 1.165) is 18.8 Å². The smallest absolute Gasteiger partial charge is 0.196 e. The van der Waals surface area contributed by atoms with Gasteiger partial charge in [-0.3, -0.25) is 0 Å². The quantitative estimate of drug-likeness (QED) is 0.618. The Balaban J connectivity index is 2.72. The minimum Gasteiger partial charge on any atom is -0.369 e. The summed E-state index contributed by atoms with van der Waals surface area (Å²) in [4.78, 5) is 6.63. The van der Waals surface area contributed by atoms with E-state index in [9.17, 15) is 0 Å². The standard InChI is InChI=1S/C15H25N3/c1-4-13(5-2)12-18(6-3)15(16)17-14-10-8-7-9-11-14/h7-11,13H,4-6,12H2,1-3H3,(H2,16,17). The molecule has 0 amide bonds. The minimum absolute atomic E-state index is 0.621. The molecule has 0 spiro atoms. The summed E-state index contributed by atoms with van der Waals surface area (Å²) in [7, 11) is 0. The van der Waals surface area contributed by atoms with Gasteiger partial charge in [0.25, 0.3) is 0 Å². The molecule has 2 N–H and O–H groups in total. The van der Waals surface area contributed by atoms with E-state index in [0.29, 0.717) is 11.9 Å². The molecule has 18 heavy (non-hydrogen) atoms. The molecule has 0 aliphatic carbocycles. The lowest BCUT2D eigenvalue weighted by Crippen LogP contribution is -2.40. The van der Waals surface area contributed by atoms with E-state index >= 15 is 0 Å². The summed E-state index contributed by atoms with van der Waals surface area (Å²) in [6.45, 7) is 8.47. The molecule has 3 heteroatoms. The summed E-state index contributed by atoms with van der Waals surface area (Å²) in [5, 5.41) is 0. The van der Waals surface area contributed by atoms with Crippen molar-refractivity contribution in [1.82, 2.24) is 4.90 Å². The van der Waals surface area contributed by atoms with Crippen LogP contribution >= 0.6 is 0 Å². The van der Waals surface area contributed by atoms with Crippen LogP contribution in [0.2, 0.25) is 0 Å². The highest BCUT2D eigenvalue weighted by molar-refractivity contribution is 5.81. The van der Waals surface area contributed by atoms with Crippen molar-refractivity contribution < 1.29 is 0 Å². The molecule has 0 aliphatic rings. The lowest BCUT2D eigenvalue weighted by Gasteiger charge is -2.26. The van der Waals surface area contributed by atoms with Gasteiger partial charge in [-0.1, -0.05) is 44.9 Å². The van der Waals surface area contributed by atoms with Crippen molar-refractivity contribution in [3.8, 4) is 0 Å². The number of aliphatic imine (C=N–C) groups is 1. The van der Waals surface area contributed by atoms with Gasteiger partial charge >= 0.3 is 0 Å². The molecule has 0 aliphatic heterocycles. The molecule has 0 unspecified atom stereocenters. The zero-order valence-corrected chi connectivity index (χ0v) is 11.8. The van der Waals surface area contributed by atoms with Gasteiger partial charge in [-0.2, -0.15) is 0 Å². The second-order valence-corrected chi connectivity index (χ2v) is 4.53. The summed E-state index contributed by atoms with van der Waals surface area (Å²) in [5.74, 6) is 1.31. The molecule has 1 aromatic carbocycles. The van der Waals surface area contributed by atoms with E-state index in [-0.39, 0.29) is 0 Å². The SMILES string of the molecule is CCC(CC)CN(CC)C(N)=Nc1ccccc1. The Kier molecular flexibility index (Phi) is 6.26. The van der Waals surface area contributed by atoms with E-state index < -0.39 is 0 Å². The lowest BCUT2D eigenvalue weighted by atomic mass is 10.0. The van der Waals surface area contributed by atoms with E-state index in [1.54, 1.807) is 0 Å². The summed E-state index contributed by atoms with van der Waals surface area (Å²) < 4.78 is 0. The van der Waals surface area contributed by atoms with Crippen LogP contribution in [0.3, 0.4) is 0 Å². The van der Waals surface area contributed by atoms with E-state index in [4.69, 9.17) is 5.73 Å². The molecule has 0 fully saturated rings. The van der Waals surface area contributed by atoms with Crippen LogP contribution in [0.1, 0.15) is 33.6 Å². The van der Waals surface area contributed by atoms with Crippen LogP contribution in [0.5, 0.6) is 0 Å². The highest BCUT2D eigenvalue weighted by Gasteiger charge is 2.11. The predicted octanol–water partition coefficient (Wildman–Crippen LogP) is 3.39. The summed E-state index contributed by atoms with van der Waals surface area (Å²) in [6, 6.07) is 9.87. The van der Waals surface area contributed by atoms with Gasteiger partial charge < -0.3 is 10.6 Å². The van der Waals surface area contributed by atoms with Crippen molar-refractivity contribution in [2.24, 2.45) is 16.6 Å². The Morgan fingerprint density at radius 2 is 1.78 bits per heavy atom. The normalized spacial score (nSPS) is 11.9. The first-order valence-electron chi connectivity index (χ1n) is 6.85. The second kappa shape index (κ2) is 7.75. The zero-order chi connectivity index (χ0) is 13.4. The van der Waals surface area contributed by atoms with Crippen LogP contribution in [0.25, 0.3) is 0 Å². The van der Waals surface area contributed by atoms with Crippen molar-refractivity contribution >= 4 is 11.6 Å². The largest absolute Gasteiger partial charge is 0.369 e. The Morgan fingerprint density at radius 3 is 2.28 bits per heavy atom. The second-order valence-electron chi connectivity index (χ2n) is 4.53. The van der Waals surface area contributed by atoms with Crippen molar-refractivity contribution in [3.05, 3.63) is 30.3 Å². The van der Waals surface area contributed by atoms with Crippen molar-refractivity contribution in [2.45, 2.75) is 33.6 Å². The molecular formula is C15H25N3. The van der Waals surface area contributed by atoms with Gasteiger partial charge in [-0.05, 0) is 25.0 Å². The Morgan fingerprint density at radius 1 is 1.17 bits per heavy atom. The van der Waals surface area contributed by atoms with Gasteiger partial charge in [0.2, 0.25) is 0 Å². The summed E-state index contributed by atoms with van der Waals surface area (Å²) in [6.07, 6.45) is 2.37. The third-order valence-corrected chi connectivity index (χ3v) is 3.34. The number of para-hydroxylation sites is 1. The van der Waals surface area contributed by atoms with Gasteiger partial charge in [0.15, 0.2) is 5.96 Å². The maximum absolute atomic E-state index is 6.09. The van der Waals surface area contributed by atoms with Crippen LogP contribution in [0, 0.1) is 5.92 Å². The average molecular weight is 247 g/mol. The summed E-state index contributed by atoms with van der Waals surface area (Å²) in [5.41, 5.74) is 7.01. The van der Waals surface area contributed by atoms with E-state index in [1.807, 2.05) is 30.3 Å². The number of hydrogen-bond acceptors (Lipinski definition) is 1. The minimum atomic E-state index is 0.621. The third kappa shape index (κ3) is 4.40. The first-order valence-corrected chi connectivity index (χ1v) is 6.85. The Bertz CT molecular complexity index is 355. The third-order valence-electron chi connectivity index (χ3n) is 3.34. The fourth-order valence-corrected chi connectivity index (χ4v) is 1.95. The molecule has 0 aromatic heterocycles. The van der Waals surface area contributed by atoms with Crippen LogP contribution in [0.4, 0.5) is 5.69 Å². The van der Waals surface area contributed by atoms with Crippen LogP contribution in [-0.4, -0.2) is 23.9 Å². The van der Waals surface area contributed by atoms with Gasteiger partial charge in [-0.15, -0.1) is 0 Å². The maximum atomic E-state index is 6.09. The van der Waals surface area contributed by atoms with Crippen molar-refractivity contribution in [2.75, 3.05) is 13.1 Å². The molecule has 0 bridgehead atoms. The van der Waals surface area contributed by atoms with Gasteiger partial charge in [0.05, 0.1) is 5.69 Å². The highest BCUT2D eigenvalue weighted by Crippen LogP contribution is 2.13. The highest BCUT2D eigenvalue weighted by atomic mass is 15.2. The first kappa shape index (κ1) is 14.6. The van der Waals surface area contributed by atoms with Crippen molar-refractivity contribution in [1.29, 1.82) is 0 Å². The zero-order valence-electron chi connectivity index (χ0n) is 11.8. The monoisotopic (exact) mass is 247 g/mol. The molecule has 1 aromatic rings. The average Bonchev–Trinajstić information content (AvgIpc) is 2.41. The number of nitrogens with two attached hydrogens (primary N) is 1. The van der Waals surface area contributed by atoms with Crippen molar-refractivity contribution in [3.63, 3.8) is 0 Å². The molecule has 0 radical (unpaired) electrons. The van der Waals surface area contributed by atoms with E-state index in [2.05, 4.69) is 30.7 Å². The Hall–Kier alpha value is -1.51. The number of hydrogen-bond donors (Lipinski definition) is 1. The van der Waals surface area contributed by atoms with Crippen LogP contribution in [0.15, 0.2) is 35.3 Å². The number of benzene rings is 1. The molecule has 0 saturated heterocycles. The van der Waals surface area contributed by atoms with Crippen LogP contribution < -0.4 is 5.73 Å². The molecule has 1 rings (SSSR count). The first-order chi connectivity index (χ1) is 8.71. The molecule has 0 heterocycles. The van der Waals surface area contributed by atoms with E-state index in [1.165, 1.54) is 12.8 Å². The number of nitrogens with zero attached hydrogens (tertiary/aromatic N) is 2.